The van der Waals surface area contributed by atoms with Gasteiger partial charge in [0.05, 0.1) is 17.3 Å². The Morgan fingerprint density at radius 1 is 1.23 bits per heavy atom. The van der Waals surface area contributed by atoms with Crippen molar-refractivity contribution in [2.24, 2.45) is 0 Å². The number of aromatic nitrogens is 1. The molecular formula is C23H24BrFN4OS. The van der Waals surface area contributed by atoms with E-state index in [9.17, 15) is 4.39 Å². The van der Waals surface area contributed by atoms with Crippen LogP contribution < -0.4 is 5.32 Å². The first-order chi connectivity index (χ1) is 14.9. The first-order valence-electron chi connectivity index (χ1n) is 10.1. The third-order valence-corrected chi connectivity index (χ3v) is 6.16. The van der Waals surface area contributed by atoms with Crippen molar-refractivity contribution in [1.82, 2.24) is 20.1 Å². The molecule has 0 saturated carbocycles. The van der Waals surface area contributed by atoms with Gasteiger partial charge < -0.3 is 19.5 Å². The van der Waals surface area contributed by atoms with Gasteiger partial charge in [0.1, 0.15) is 23.4 Å². The highest BCUT2D eigenvalue weighted by Gasteiger charge is 2.41. The molecule has 2 atom stereocenters. The summed E-state index contributed by atoms with van der Waals surface area (Å²) >= 11 is 8.98. The highest BCUT2D eigenvalue weighted by Crippen LogP contribution is 2.40. The Morgan fingerprint density at radius 3 is 2.77 bits per heavy atom. The molecule has 2 unspecified atom stereocenters. The molecule has 4 rings (SSSR count). The highest BCUT2D eigenvalue weighted by atomic mass is 79.9. The number of benzene rings is 1. The molecule has 3 aromatic rings. The van der Waals surface area contributed by atoms with Gasteiger partial charge in [0.2, 0.25) is 0 Å². The van der Waals surface area contributed by atoms with Gasteiger partial charge in [-0.05, 0) is 81.7 Å². The molecule has 1 fully saturated rings. The number of hydrogen-bond donors (Lipinski definition) is 1. The minimum Gasteiger partial charge on any atom is -0.459 e. The molecule has 1 saturated heterocycles. The first-order valence-corrected chi connectivity index (χ1v) is 11.3. The van der Waals surface area contributed by atoms with E-state index in [0.29, 0.717) is 20.9 Å². The Balaban J connectivity index is 1.68. The van der Waals surface area contributed by atoms with E-state index in [4.69, 9.17) is 16.6 Å². The summed E-state index contributed by atoms with van der Waals surface area (Å²) in [5.41, 5.74) is 1.31. The van der Waals surface area contributed by atoms with Crippen LogP contribution in [-0.4, -0.2) is 47.1 Å². The molecule has 2 aromatic heterocycles. The Kier molecular flexibility index (Phi) is 6.69. The van der Waals surface area contributed by atoms with Gasteiger partial charge in [-0.15, -0.1) is 0 Å². The van der Waals surface area contributed by atoms with Gasteiger partial charge in [-0.2, -0.15) is 0 Å². The summed E-state index contributed by atoms with van der Waals surface area (Å²) in [7, 11) is 4.11. The average molecular weight is 503 g/mol. The second-order valence-electron chi connectivity index (χ2n) is 7.80. The van der Waals surface area contributed by atoms with Crippen LogP contribution in [0.3, 0.4) is 0 Å². The number of halogens is 2. The Bertz CT molecular complexity index is 1060. The van der Waals surface area contributed by atoms with Crippen LogP contribution in [-0.2, 0) is 0 Å². The van der Waals surface area contributed by atoms with Crippen molar-refractivity contribution < 1.29 is 8.81 Å². The van der Waals surface area contributed by atoms with Crippen molar-refractivity contribution in [2.45, 2.75) is 18.5 Å². The summed E-state index contributed by atoms with van der Waals surface area (Å²) in [5, 5.41) is 4.09. The molecule has 0 radical (unpaired) electrons. The molecule has 0 spiro atoms. The van der Waals surface area contributed by atoms with E-state index in [2.05, 4.69) is 50.1 Å². The molecule has 1 aromatic carbocycles. The van der Waals surface area contributed by atoms with Crippen LogP contribution in [0.4, 0.5) is 4.39 Å². The lowest BCUT2D eigenvalue weighted by Gasteiger charge is -2.26. The summed E-state index contributed by atoms with van der Waals surface area (Å²) in [5.74, 6) is 0.885. The zero-order chi connectivity index (χ0) is 22.0. The minimum atomic E-state index is -0.334. The second kappa shape index (κ2) is 9.46. The van der Waals surface area contributed by atoms with E-state index in [0.717, 1.165) is 31.0 Å². The second-order valence-corrected chi connectivity index (χ2v) is 9.11. The van der Waals surface area contributed by atoms with Crippen LogP contribution in [0.2, 0.25) is 0 Å². The number of hydrogen-bond acceptors (Lipinski definition) is 4. The Morgan fingerprint density at radius 2 is 2.06 bits per heavy atom. The van der Waals surface area contributed by atoms with Crippen LogP contribution in [0.15, 0.2) is 63.6 Å². The average Bonchev–Trinajstić information content (AvgIpc) is 3.33. The number of rotatable bonds is 7. The van der Waals surface area contributed by atoms with Gasteiger partial charge >= 0.3 is 0 Å². The van der Waals surface area contributed by atoms with Crippen molar-refractivity contribution >= 4 is 33.3 Å². The molecule has 1 aliphatic heterocycles. The van der Waals surface area contributed by atoms with E-state index in [1.807, 2.05) is 30.3 Å². The number of pyridine rings is 1. The van der Waals surface area contributed by atoms with Crippen LogP contribution in [0, 0.1) is 5.82 Å². The molecule has 0 aliphatic carbocycles. The molecule has 1 aliphatic rings. The van der Waals surface area contributed by atoms with Crippen molar-refractivity contribution in [2.75, 3.05) is 27.2 Å². The zero-order valence-electron chi connectivity index (χ0n) is 17.4. The zero-order valence-corrected chi connectivity index (χ0v) is 19.8. The summed E-state index contributed by atoms with van der Waals surface area (Å²) in [6, 6.07) is 14.2. The Labute approximate surface area is 195 Å². The predicted octanol–water partition coefficient (Wildman–Crippen LogP) is 5.17. The summed E-state index contributed by atoms with van der Waals surface area (Å²) < 4.78 is 21.4. The quantitative estimate of drug-likeness (QED) is 0.449. The van der Waals surface area contributed by atoms with Crippen LogP contribution in [0.5, 0.6) is 0 Å². The highest BCUT2D eigenvalue weighted by molar-refractivity contribution is 9.10. The van der Waals surface area contributed by atoms with Gasteiger partial charge in [-0.1, -0.05) is 22.0 Å². The maximum Gasteiger partial charge on any atom is 0.170 e. The van der Waals surface area contributed by atoms with E-state index < -0.39 is 0 Å². The van der Waals surface area contributed by atoms with E-state index in [1.165, 1.54) is 6.07 Å². The third kappa shape index (κ3) is 4.81. The number of nitrogens with zero attached hydrogens (tertiary/aromatic N) is 3. The lowest BCUT2D eigenvalue weighted by molar-refractivity contribution is 0.261. The van der Waals surface area contributed by atoms with Gasteiger partial charge in [-0.25, -0.2) is 4.39 Å². The van der Waals surface area contributed by atoms with Crippen molar-refractivity contribution in [3.05, 3.63) is 76.5 Å². The summed E-state index contributed by atoms with van der Waals surface area (Å²) in [6.45, 7) is 1.73. The number of thiocarbonyl (C=S) groups is 1. The van der Waals surface area contributed by atoms with Crippen LogP contribution in [0.25, 0.3) is 11.3 Å². The Hall–Kier alpha value is -2.29. The molecule has 1 N–H and O–H groups in total. The monoisotopic (exact) mass is 502 g/mol. The fourth-order valence-corrected chi connectivity index (χ4v) is 4.52. The minimum absolute atomic E-state index is 0.151. The van der Waals surface area contributed by atoms with Crippen LogP contribution in [0.1, 0.15) is 30.0 Å². The summed E-state index contributed by atoms with van der Waals surface area (Å²) in [4.78, 5) is 8.84. The van der Waals surface area contributed by atoms with E-state index in [-0.39, 0.29) is 17.9 Å². The molecule has 5 nitrogen and oxygen atoms in total. The summed E-state index contributed by atoms with van der Waals surface area (Å²) in [6.07, 6.45) is 2.73. The molecule has 8 heteroatoms. The van der Waals surface area contributed by atoms with Crippen molar-refractivity contribution in [3.63, 3.8) is 0 Å². The molecule has 162 valence electrons. The molecule has 3 heterocycles. The largest absolute Gasteiger partial charge is 0.459 e. The lowest BCUT2D eigenvalue weighted by Crippen LogP contribution is -2.32. The SMILES string of the molecule is CN(C)CCCN1C(=S)NC(c2ccccn2)C1c1ccc(-c2ccc(Br)cc2F)o1. The predicted molar refractivity (Wildman–Crippen MR) is 127 cm³/mol. The molecule has 0 bridgehead atoms. The fourth-order valence-electron chi connectivity index (χ4n) is 3.86. The standard InChI is InChI=1S/C23H24BrFN4OS/c1-28(2)12-5-13-29-22(21(27-23(29)31)18-6-3-4-11-26-18)20-10-9-19(30-20)16-8-7-15(24)14-17(16)25/h3-4,6-11,14,21-22H,5,12-13H2,1-2H3,(H,27,31). The van der Waals surface area contributed by atoms with Crippen molar-refractivity contribution in [1.29, 1.82) is 0 Å². The number of nitrogens with one attached hydrogen (secondary N) is 1. The smallest absolute Gasteiger partial charge is 0.170 e. The number of furan rings is 1. The van der Waals surface area contributed by atoms with Gasteiger partial charge in [0.15, 0.2) is 5.11 Å². The van der Waals surface area contributed by atoms with Gasteiger partial charge in [-0.3, -0.25) is 4.98 Å². The van der Waals surface area contributed by atoms with Gasteiger partial charge in [0.25, 0.3) is 0 Å². The molecule has 31 heavy (non-hydrogen) atoms. The van der Waals surface area contributed by atoms with Crippen LogP contribution >= 0.6 is 28.1 Å². The molecular weight excluding hydrogens is 479 g/mol. The fraction of sp³-hybridized carbons (Fsp3) is 0.304. The van der Waals surface area contributed by atoms with Crippen molar-refractivity contribution in [3.8, 4) is 11.3 Å². The topological polar surface area (TPSA) is 44.5 Å². The van der Waals surface area contributed by atoms with E-state index >= 15 is 0 Å². The van der Waals surface area contributed by atoms with Gasteiger partial charge in [0, 0.05) is 17.2 Å². The lowest BCUT2D eigenvalue weighted by atomic mass is 10.0. The molecule has 0 amide bonds. The normalized spacial score (nSPS) is 18.6. The maximum atomic E-state index is 14.5. The van der Waals surface area contributed by atoms with E-state index in [1.54, 1.807) is 18.3 Å². The third-order valence-electron chi connectivity index (χ3n) is 5.32. The first kappa shape index (κ1) is 21.9. The maximum absolute atomic E-state index is 14.5.